The fourth-order valence-corrected chi connectivity index (χ4v) is 3.22. The van der Waals surface area contributed by atoms with Gasteiger partial charge in [-0.1, -0.05) is 18.2 Å². The first-order valence-corrected chi connectivity index (χ1v) is 8.85. The fraction of sp³-hybridized carbons (Fsp3) is 0.632. The Morgan fingerprint density at radius 3 is 2.12 bits per heavy atom. The fourth-order valence-electron chi connectivity index (χ4n) is 3.22. The largest absolute Gasteiger partial charge is 0.497 e. The van der Waals surface area contributed by atoms with E-state index in [1.807, 2.05) is 27.7 Å². The molecule has 1 N–H and O–H groups in total. The van der Waals surface area contributed by atoms with Gasteiger partial charge in [0.1, 0.15) is 5.82 Å². The van der Waals surface area contributed by atoms with Crippen LogP contribution >= 0.6 is 0 Å². The second-order valence-electron chi connectivity index (χ2n) is 8.84. The minimum atomic E-state index is -1.09. The molecule has 1 amide bonds. The Balaban J connectivity index is 2.43. The smallest absolute Gasteiger partial charge is 0.465 e. The van der Waals surface area contributed by atoms with Gasteiger partial charge in [-0.3, -0.25) is 4.90 Å². The summed E-state index contributed by atoms with van der Waals surface area (Å²) in [7, 11) is -0.833. The number of halogens is 1. The van der Waals surface area contributed by atoms with E-state index in [1.165, 1.54) is 4.90 Å². The lowest BCUT2D eigenvalue weighted by atomic mass is 9.77. The monoisotopic (exact) mass is 365 g/mol. The lowest BCUT2D eigenvalue weighted by Gasteiger charge is -2.38. The van der Waals surface area contributed by atoms with Crippen molar-refractivity contribution >= 4 is 18.7 Å². The first-order chi connectivity index (χ1) is 11.7. The highest BCUT2D eigenvalue weighted by Crippen LogP contribution is 2.37. The predicted octanol–water partition coefficient (Wildman–Crippen LogP) is 3.96. The molecule has 0 saturated carbocycles. The summed E-state index contributed by atoms with van der Waals surface area (Å²) in [5.74, 6) is -0.492. The maximum Gasteiger partial charge on any atom is 0.497 e. The molecule has 1 aromatic rings. The average molecular weight is 365 g/mol. The highest BCUT2D eigenvalue weighted by atomic mass is 19.1. The molecule has 1 saturated heterocycles. The van der Waals surface area contributed by atoms with Crippen molar-refractivity contribution in [2.45, 2.75) is 78.2 Å². The summed E-state index contributed by atoms with van der Waals surface area (Å²) in [6.07, 6.45) is -1.09. The van der Waals surface area contributed by atoms with Gasteiger partial charge in [-0.2, -0.15) is 0 Å². The molecule has 0 aliphatic carbocycles. The second kappa shape index (κ2) is 6.53. The first kappa shape index (κ1) is 20.7. The minimum Gasteiger partial charge on any atom is -0.465 e. The Kier molecular flexibility index (Phi) is 5.21. The van der Waals surface area contributed by atoms with Crippen molar-refractivity contribution in [2.24, 2.45) is 0 Å². The molecule has 144 valence electrons. The number of hydrogen-bond donors (Lipinski definition) is 1. The topological polar surface area (TPSA) is 59.0 Å². The highest BCUT2D eigenvalue weighted by molar-refractivity contribution is 6.62. The van der Waals surface area contributed by atoms with Crippen LogP contribution < -0.4 is 5.46 Å². The van der Waals surface area contributed by atoms with Gasteiger partial charge in [-0.05, 0) is 55.4 Å². The third kappa shape index (κ3) is 3.60. The van der Waals surface area contributed by atoms with E-state index in [0.29, 0.717) is 5.56 Å². The van der Waals surface area contributed by atoms with Gasteiger partial charge in [0.25, 0.3) is 0 Å². The van der Waals surface area contributed by atoms with Gasteiger partial charge in [-0.15, -0.1) is 0 Å². The summed E-state index contributed by atoms with van der Waals surface area (Å²) < 4.78 is 27.2. The van der Waals surface area contributed by atoms with Gasteiger partial charge in [0.2, 0.25) is 0 Å². The number of hydrogen-bond acceptors (Lipinski definition) is 3. The van der Waals surface area contributed by atoms with E-state index in [4.69, 9.17) is 9.31 Å². The van der Waals surface area contributed by atoms with Crippen LogP contribution in [0.2, 0.25) is 0 Å². The molecule has 5 nitrogen and oxygen atoms in total. The summed E-state index contributed by atoms with van der Waals surface area (Å²) in [5, 5.41) is 9.60. The van der Waals surface area contributed by atoms with Crippen molar-refractivity contribution in [1.29, 1.82) is 0 Å². The molecule has 1 aliphatic rings. The quantitative estimate of drug-likeness (QED) is 0.824. The Bertz CT molecular complexity index is 683. The second-order valence-corrected chi connectivity index (χ2v) is 8.84. The van der Waals surface area contributed by atoms with Gasteiger partial charge in [0.05, 0.1) is 17.2 Å². The van der Waals surface area contributed by atoms with Gasteiger partial charge < -0.3 is 14.4 Å². The molecular weight excluding hydrogens is 336 g/mol. The molecule has 0 bridgehead atoms. The molecule has 0 aromatic heterocycles. The van der Waals surface area contributed by atoms with Crippen molar-refractivity contribution in [1.82, 2.24) is 4.90 Å². The maximum absolute atomic E-state index is 15.3. The van der Waals surface area contributed by atoms with Crippen LogP contribution in [0.5, 0.6) is 0 Å². The van der Waals surface area contributed by atoms with Gasteiger partial charge in [0.15, 0.2) is 0 Å². The van der Waals surface area contributed by atoms with Crippen LogP contribution in [0.3, 0.4) is 0 Å². The van der Waals surface area contributed by atoms with Crippen LogP contribution in [0, 0.1) is 5.82 Å². The summed E-state index contributed by atoms with van der Waals surface area (Å²) in [6.45, 7) is 14.7. The molecule has 26 heavy (non-hydrogen) atoms. The van der Waals surface area contributed by atoms with Crippen molar-refractivity contribution in [2.75, 3.05) is 0 Å². The van der Waals surface area contributed by atoms with Crippen LogP contribution in [0.4, 0.5) is 9.18 Å². The molecule has 1 atom stereocenters. The van der Waals surface area contributed by atoms with Crippen molar-refractivity contribution in [3.05, 3.63) is 29.6 Å². The van der Waals surface area contributed by atoms with E-state index in [1.54, 1.807) is 45.9 Å². The number of rotatable bonds is 3. The molecular formula is C19H29BFNO4. The summed E-state index contributed by atoms with van der Waals surface area (Å²) >= 11 is 0. The third-order valence-electron chi connectivity index (χ3n) is 5.33. The lowest BCUT2D eigenvalue weighted by molar-refractivity contribution is 0.00578. The average Bonchev–Trinajstić information content (AvgIpc) is 2.65. The number of amides is 1. The molecule has 0 radical (unpaired) electrons. The Morgan fingerprint density at radius 2 is 1.69 bits per heavy atom. The number of nitrogens with zero attached hydrogens (tertiary/aromatic N) is 1. The van der Waals surface area contributed by atoms with Crippen LogP contribution in [0.25, 0.3) is 0 Å². The van der Waals surface area contributed by atoms with Gasteiger partial charge in [-0.25, -0.2) is 9.18 Å². The lowest BCUT2D eigenvalue weighted by Crippen LogP contribution is -2.47. The van der Waals surface area contributed by atoms with E-state index in [2.05, 4.69) is 0 Å². The van der Waals surface area contributed by atoms with Gasteiger partial charge >= 0.3 is 13.2 Å². The Hall–Kier alpha value is -1.60. The summed E-state index contributed by atoms with van der Waals surface area (Å²) in [4.78, 5) is 13.0. The molecule has 1 aliphatic heterocycles. The zero-order chi connectivity index (χ0) is 20.1. The van der Waals surface area contributed by atoms with E-state index >= 15 is 4.39 Å². The molecule has 0 unspecified atom stereocenters. The predicted molar refractivity (Wildman–Crippen MR) is 100 cm³/mol. The highest BCUT2D eigenvalue weighted by Gasteiger charge is 2.52. The minimum absolute atomic E-state index is 0.284. The van der Waals surface area contributed by atoms with Crippen LogP contribution in [0.15, 0.2) is 18.2 Å². The van der Waals surface area contributed by atoms with E-state index in [0.717, 1.165) is 0 Å². The zero-order valence-electron chi connectivity index (χ0n) is 16.9. The normalized spacial score (nSPS) is 20.1. The van der Waals surface area contributed by atoms with E-state index in [-0.39, 0.29) is 5.46 Å². The molecule has 7 heteroatoms. The SMILES string of the molecule is C[C@H](c1cccc(B2OC(C)(C)C(C)(C)O2)c1F)N(C(=O)O)C(C)(C)C. The van der Waals surface area contributed by atoms with E-state index in [9.17, 15) is 9.90 Å². The standard InChI is InChI=1S/C19H29BFNO4/c1-12(22(16(23)24)17(2,3)4)13-10-9-11-14(15(13)21)20-25-18(5,6)19(7,8)26-20/h9-12H,1-8H3,(H,23,24)/t12-/m1/s1. The summed E-state index contributed by atoms with van der Waals surface area (Å²) in [5.41, 5.74) is -1.24. The molecule has 1 heterocycles. The zero-order valence-corrected chi connectivity index (χ0v) is 16.9. The Morgan fingerprint density at radius 1 is 1.19 bits per heavy atom. The van der Waals surface area contributed by atoms with Gasteiger partial charge in [0, 0.05) is 16.6 Å². The molecule has 2 rings (SSSR count). The molecule has 1 fully saturated rings. The number of carboxylic acid groups (broad SMARTS) is 1. The third-order valence-corrected chi connectivity index (χ3v) is 5.33. The van der Waals surface area contributed by atoms with Crippen molar-refractivity contribution < 1.29 is 23.6 Å². The van der Waals surface area contributed by atoms with Crippen LogP contribution in [0.1, 0.15) is 67.0 Å². The number of carbonyl (C=O) groups is 1. The van der Waals surface area contributed by atoms with Crippen molar-refractivity contribution in [3.8, 4) is 0 Å². The Labute approximate surface area is 155 Å². The maximum atomic E-state index is 15.3. The van der Waals surface area contributed by atoms with Crippen molar-refractivity contribution in [3.63, 3.8) is 0 Å². The first-order valence-electron chi connectivity index (χ1n) is 8.85. The summed E-state index contributed by atoms with van der Waals surface area (Å²) in [6, 6.07) is 4.28. The van der Waals surface area contributed by atoms with Crippen LogP contribution in [-0.2, 0) is 9.31 Å². The molecule has 0 spiro atoms. The van der Waals surface area contributed by atoms with E-state index < -0.39 is 41.8 Å². The molecule has 1 aromatic carbocycles. The van der Waals surface area contributed by atoms with Crippen LogP contribution in [-0.4, -0.2) is 40.0 Å². The number of benzene rings is 1.